The first kappa shape index (κ1) is 32.5. The molecule has 0 aliphatic heterocycles. The molecule has 3 aromatic heterocycles. The van der Waals surface area contributed by atoms with Gasteiger partial charge in [-0.2, -0.15) is 0 Å². The molecule has 43 heavy (non-hydrogen) atoms. The van der Waals surface area contributed by atoms with Crippen molar-refractivity contribution in [3.05, 3.63) is 48.2 Å². The van der Waals surface area contributed by atoms with Gasteiger partial charge in [-0.1, -0.05) is 0 Å². The van der Waals surface area contributed by atoms with Gasteiger partial charge in [-0.15, -0.1) is 23.2 Å². The molecule has 0 saturated carbocycles. The highest BCUT2D eigenvalue weighted by Gasteiger charge is 2.21. The van der Waals surface area contributed by atoms with Crippen LogP contribution in [-0.4, -0.2) is 79.8 Å². The summed E-state index contributed by atoms with van der Waals surface area (Å²) in [6.07, 6.45) is 6.47. The average Bonchev–Trinajstić information content (AvgIpc) is 3.70. The molecule has 228 valence electrons. The number of benzene rings is 2. The van der Waals surface area contributed by atoms with Crippen LogP contribution in [0.5, 0.6) is 0 Å². The lowest BCUT2D eigenvalue weighted by Crippen LogP contribution is -3.00. The first-order valence-corrected chi connectivity index (χ1v) is 16.5. The molecule has 0 saturated heterocycles. The number of carbonyl (C=O) groups is 2. The highest BCUT2D eigenvalue weighted by Crippen LogP contribution is 2.34. The first-order valence-electron chi connectivity index (χ1n) is 13.2. The Labute approximate surface area is 267 Å². The summed E-state index contributed by atoms with van der Waals surface area (Å²) in [5.41, 5.74) is 5.62. The number of nitrogens with zero attached hydrogens (tertiary/aromatic N) is 5. The summed E-state index contributed by atoms with van der Waals surface area (Å²) in [5, 5.41) is 13.9. The fourth-order valence-corrected chi connectivity index (χ4v) is 5.69. The molecule has 3 heterocycles. The van der Waals surface area contributed by atoms with Crippen LogP contribution in [0.15, 0.2) is 47.2 Å². The van der Waals surface area contributed by atoms with Crippen molar-refractivity contribution in [3.63, 3.8) is 0 Å². The highest BCUT2D eigenvalue weighted by molar-refractivity contribution is 7.95. The molecule has 0 radical (unpaired) electrons. The third-order valence-corrected chi connectivity index (χ3v) is 8.12. The lowest BCUT2D eigenvalue weighted by molar-refractivity contribution is -0.115. The van der Waals surface area contributed by atoms with Gasteiger partial charge in [-0.3, -0.25) is 9.59 Å². The predicted octanol–water partition coefficient (Wildman–Crippen LogP) is 1.85. The second kappa shape index (κ2) is 14.3. The summed E-state index contributed by atoms with van der Waals surface area (Å²) in [6.45, 7) is 0.988. The average molecular weight is 666 g/mol. The molecule has 15 heteroatoms. The summed E-state index contributed by atoms with van der Waals surface area (Å²) in [4.78, 5) is 35.7. The van der Waals surface area contributed by atoms with Crippen LogP contribution in [0, 0.1) is 0 Å². The van der Waals surface area contributed by atoms with Crippen molar-refractivity contribution in [1.29, 1.82) is 0 Å². The number of nitrogens with one attached hydrogen (secondary N) is 3. The molecule has 3 N–H and O–H groups in total. The van der Waals surface area contributed by atoms with Crippen LogP contribution in [0.1, 0.15) is 16.8 Å². The number of hydrogen-bond acceptors (Lipinski definition) is 7. The topological polar surface area (TPSA) is 134 Å². The smallest absolute Gasteiger partial charge is 0.255 e. The Bertz CT molecular complexity index is 1730. The van der Waals surface area contributed by atoms with Gasteiger partial charge in [0.25, 0.3) is 5.91 Å². The van der Waals surface area contributed by atoms with E-state index in [0.29, 0.717) is 76.3 Å². The van der Waals surface area contributed by atoms with Gasteiger partial charge in [0.15, 0.2) is 11.3 Å². The Morgan fingerprint density at radius 1 is 1.05 bits per heavy atom. The molecule has 0 fully saturated rings. The van der Waals surface area contributed by atoms with Gasteiger partial charge in [-0.05, 0) is 57.6 Å². The minimum Gasteiger partial charge on any atom is -1.00 e. The Morgan fingerprint density at radius 2 is 1.81 bits per heavy atom. The van der Waals surface area contributed by atoms with E-state index in [-0.39, 0.29) is 35.1 Å². The maximum atomic E-state index is 13.5. The van der Waals surface area contributed by atoms with E-state index in [4.69, 9.17) is 32.8 Å². The SMILES string of the molecule is Cn1c(-c2cc(NC(=O)CC[S+](C)C)c[nH]2)nc2cc(C(=O)Nc3ccc4nonc4c3N(CCCl)CCCl)ccc21.[Cl-]. The number of rotatable bonds is 12. The van der Waals surface area contributed by atoms with Crippen LogP contribution in [0.4, 0.5) is 17.1 Å². The maximum Gasteiger partial charge on any atom is 0.255 e. The minimum atomic E-state index is -0.315. The van der Waals surface area contributed by atoms with Crippen molar-refractivity contribution in [2.75, 3.05) is 58.6 Å². The van der Waals surface area contributed by atoms with Crippen LogP contribution in [0.3, 0.4) is 0 Å². The van der Waals surface area contributed by atoms with Crippen molar-refractivity contribution in [3.8, 4) is 11.5 Å². The zero-order chi connectivity index (χ0) is 29.8. The third kappa shape index (κ3) is 7.20. The van der Waals surface area contributed by atoms with Crippen LogP contribution >= 0.6 is 23.2 Å². The number of amides is 2. The molecule has 0 aliphatic rings. The molecule has 0 atom stereocenters. The Kier molecular flexibility index (Phi) is 10.8. The van der Waals surface area contributed by atoms with E-state index in [1.54, 1.807) is 30.5 Å². The summed E-state index contributed by atoms with van der Waals surface area (Å²) in [7, 11) is 2.12. The maximum absolute atomic E-state index is 13.5. The Hall–Kier alpha value is -3.45. The van der Waals surface area contributed by atoms with Crippen molar-refractivity contribution in [2.24, 2.45) is 7.05 Å². The number of halogens is 3. The van der Waals surface area contributed by atoms with Gasteiger partial charge in [0.2, 0.25) is 5.91 Å². The number of aromatic amines is 1. The highest BCUT2D eigenvalue weighted by atomic mass is 35.5. The molecule has 2 amide bonds. The minimum absolute atomic E-state index is 0. The van der Waals surface area contributed by atoms with Crippen molar-refractivity contribution in [1.82, 2.24) is 24.8 Å². The van der Waals surface area contributed by atoms with E-state index in [1.165, 1.54) is 0 Å². The third-order valence-electron chi connectivity index (χ3n) is 6.76. The fourth-order valence-electron chi connectivity index (χ4n) is 4.69. The number of hydrogen-bond donors (Lipinski definition) is 3. The number of aryl methyl sites for hydroxylation is 1. The van der Waals surface area contributed by atoms with Crippen molar-refractivity contribution in [2.45, 2.75) is 6.42 Å². The number of H-pyrrole nitrogens is 1. The van der Waals surface area contributed by atoms with Crippen LogP contribution in [-0.2, 0) is 22.7 Å². The van der Waals surface area contributed by atoms with Gasteiger partial charge < -0.3 is 37.5 Å². The summed E-state index contributed by atoms with van der Waals surface area (Å²) in [5.74, 6) is 1.92. The van der Waals surface area contributed by atoms with Gasteiger partial charge in [0.05, 0.1) is 52.7 Å². The normalized spacial score (nSPS) is 11.2. The molecular formula is C28H31Cl3N8O3S. The van der Waals surface area contributed by atoms with Crippen LogP contribution in [0.25, 0.3) is 33.6 Å². The summed E-state index contributed by atoms with van der Waals surface area (Å²) >= 11 is 12.1. The number of aromatic nitrogens is 5. The molecule has 5 aromatic rings. The van der Waals surface area contributed by atoms with Gasteiger partial charge in [0.1, 0.15) is 11.3 Å². The summed E-state index contributed by atoms with van der Waals surface area (Å²) in [6, 6.07) is 10.7. The molecule has 0 spiro atoms. The molecule has 0 unspecified atom stereocenters. The molecular weight excluding hydrogens is 635 g/mol. The van der Waals surface area contributed by atoms with Gasteiger partial charge >= 0.3 is 0 Å². The molecule has 0 bridgehead atoms. The van der Waals surface area contributed by atoms with E-state index in [0.717, 1.165) is 17.0 Å². The van der Waals surface area contributed by atoms with E-state index >= 15 is 0 Å². The first-order chi connectivity index (χ1) is 20.3. The van der Waals surface area contributed by atoms with E-state index in [1.807, 2.05) is 28.6 Å². The zero-order valence-corrected chi connectivity index (χ0v) is 26.9. The number of fused-ring (bicyclic) bond motifs is 2. The molecule has 11 nitrogen and oxygen atoms in total. The Balaban J connectivity index is 0.00000423. The van der Waals surface area contributed by atoms with Gasteiger partial charge in [-0.25, -0.2) is 9.61 Å². The number of imidazole rings is 1. The standard InChI is InChI=1S/C28H30Cl2N8O3S.ClH/c1-37-23-7-4-17(14-21(23)33-27(37)22-15-18(16-31-22)32-24(39)8-13-42(2)3)28(40)34-20-6-5-19-25(36-41-35-19)26(20)38(11-9-29)12-10-30;/h4-7,14-16H,8-13H2,1-3H3,(H2-,31,32,33,34,35,36,39,40);1H. The fraction of sp³-hybridized carbons (Fsp3) is 0.321. The molecule has 2 aromatic carbocycles. The summed E-state index contributed by atoms with van der Waals surface area (Å²) < 4.78 is 6.89. The molecule has 0 aliphatic carbocycles. The lowest BCUT2D eigenvalue weighted by atomic mass is 10.1. The lowest BCUT2D eigenvalue weighted by Gasteiger charge is -2.25. The van der Waals surface area contributed by atoms with Gasteiger partial charge in [0, 0.05) is 43.7 Å². The monoisotopic (exact) mass is 664 g/mol. The Morgan fingerprint density at radius 3 is 2.53 bits per heavy atom. The second-order valence-corrected chi connectivity index (χ2v) is 13.0. The largest absolute Gasteiger partial charge is 1.00 e. The van der Waals surface area contributed by atoms with Crippen LogP contribution in [0.2, 0.25) is 0 Å². The molecule has 5 rings (SSSR count). The van der Waals surface area contributed by atoms with E-state index < -0.39 is 0 Å². The number of anilines is 3. The van der Waals surface area contributed by atoms with Crippen LogP contribution < -0.4 is 27.9 Å². The quantitative estimate of drug-likeness (QED) is 0.137. The van der Waals surface area contributed by atoms with Crippen molar-refractivity contribution >= 4 is 85.0 Å². The van der Waals surface area contributed by atoms with E-state index in [9.17, 15) is 9.59 Å². The number of alkyl halides is 2. The second-order valence-electron chi connectivity index (χ2n) is 9.90. The van der Waals surface area contributed by atoms with Crippen molar-refractivity contribution < 1.29 is 26.6 Å². The van der Waals surface area contributed by atoms with E-state index in [2.05, 4.69) is 38.4 Å². The predicted molar refractivity (Wildman–Crippen MR) is 171 cm³/mol. The number of carbonyl (C=O) groups excluding carboxylic acids is 2. The zero-order valence-electron chi connectivity index (χ0n) is 23.8.